The Morgan fingerprint density at radius 3 is 1.25 bits per heavy atom. The van der Waals surface area contributed by atoms with Crippen LogP contribution in [-0.2, 0) is 58.8 Å². The van der Waals surface area contributed by atoms with Crippen molar-refractivity contribution >= 4 is 123 Å². The smallest absolute Gasteiger partial charge is 0.409 e. The lowest BCUT2D eigenvalue weighted by atomic mass is 9.85. The van der Waals surface area contributed by atoms with Gasteiger partial charge in [-0.05, 0) is 147 Å². The Morgan fingerprint density at radius 1 is 0.524 bits per heavy atom. The van der Waals surface area contributed by atoms with E-state index in [1.54, 1.807) is 176 Å². The number of nitrogens with one attached hydrogen (secondary N) is 8. The van der Waals surface area contributed by atoms with Crippen LogP contribution in [0.3, 0.4) is 0 Å². The zero-order valence-corrected chi connectivity index (χ0v) is 77.3. The van der Waals surface area contributed by atoms with Crippen LogP contribution in [0.4, 0.5) is 19.9 Å². The Morgan fingerprint density at radius 2 is 0.913 bits per heavy atom. The van der Waals surface area contributed by atoms with Gasteiger partial charge in [0.05, 0.1) is 49.7 Å². The average molecular weight is 1810 g/mol. The van der Waals surface area contributed by atoms with Crippen LogP contribution in [0, 0.1) is 22.7 Å². The number of pyridine rings is 2. The van der Waals surface area contributed by atoms with Crippen molar-refractivity contribution in [1.82, 2.24) is 60.4 Å². The van der Waals surface area contributed by atoms with Crippen molar-refractivity contribution < 1.29 is 92.0 Å². The minimum absolute atomic E-state index is 0.00836. The fourth-order valence-corrected chi connectivity index (χ4v) is 18.0. The number of carbonyl (C=O) groups is 8. The number of hydrogen-bond donors (Lipinski definition) is 8. The molecule has 0 spiro atoms. The number of methoxy groups -OCH3 is 2. The highest BCUT2D eigenvalue weighted by molar-refractivity contribution is 7.86. The fraction of sp³-hybridized carbons (Fsp3) is 0.477. The summed E-state index contributed by atoms with van der Waals surface area (Å²) in [5.41, 5.74) is -3.48. The number of ether oxygens (including phenoxy) is 6. The molecule has 34 nitrogen and oxygen atoms in total. The summed E-state index contributed by atoms with van der Waals surface area (Å²) < 4.78 is 102. The molecule has 2 saturated carbocycles. The van der Waals surface area contributed by atoms with Crippen molar-refractivity contribution in [3.05, 3.63) is 133 Å². The molecule has 12 rings (SSSR count). The van der Waals surface area contributed by atoms with Gasteiger partial charge in [0.1, 0.15) is 105 Å². The summed E-state index contributed by atoms with van der Waals surface area (Å²) in [6.07, 6.45) is -1.26. The van der Waals surface area contributed by atoms with Crippen LogP contribution in [-0.4, -0.2) is 192 Å². The number of benzene rings is 4. The summed E-state index contributed by atoms with van der Waals surface area (Å²) >= 11 is 2.86. The van der Waals surface area contributed by atoms with E-state index in [1.807, 2.05) is 60.9 Å². The first-order valence-corrected chi connectivity index (χ1v) is 45.8. The molecule has 4 fully saturated rings. The number of likely N-dealkylation sites (tertiary alicyclic amines) is 2. The third-order valence-electron chi connectivity index (χ3n) is 20.9. The Bertz CT molecular complexity index is 5620. The first-order valence-electron chi connectivity index (χ1n) is 41.3. The lowest BCUT2D eigenvalue weighted by Gasteiger charge is -2.36. The van der Waals surface area contributed by atoms with Gasteiger partial charge in [0.25, 0.3) is 11.8 Å². The molecule has 6 heterocycles. The molecule has 4 aromatic carbocycles. The number of anilines is 2. The van der Waals surface area contributed by atoms with Crippen molar-refractivity contribution in [3.8, 4) is 57.3 Å². The van der Waals surface area contributed by atoms with Crippen LogP contribution in [0.15, 0.2) is 133 Å². The number of para-hydroxylation sites is 2. The molecule has 2 aliphatic carbocycles. The summed E-state index contributed by atoms with van der Waals surface area (Å²) in [6, 6.07) is 25.0. The molecule has 2 aliphatic heterocycles. The standard InChI is InChI=1S/C44H57N7O10S2.C44H55N7O10S2/c2*1-11-26-22-44(26,39(54)50-63(56,57)61-27-15-13-12-14-16-27)49-37(52)34-20-29(23-51(34)38(53)36(42(4,5)6)48-41(55)60-43(7,8)9)59-35-21-32(33-24-62-40(47-33)45-25(2)3)46-31-19-28(58-10)17-18-30(31)35/h12-19,21,24-26,29,34,36H,11,20,22-23H2,1-10H3,(H,45,47)(H,48,55)(H,49,52)(H,50,54);11-19,21,24-26,29,34,36H,1,20,22-23H2,2-10H3,(H,45,47)(H,48,55)(H,49,52)(H,50,54)/t2*26-,29-,34+,36-,44-/m11/s1. The summed E-state index contributed by atoms with van der Waals surface area (Å²) in [6.45, 7) is 34.3. The molecule has 38 heteroatoms. The monoisotopic (exact) mass is 1810 g/mol. The molecule has 8 aromatic rings. The molecular weight excluding hydrogens is 1700 g/mol. The second kappa shape index (κ2) is 37.9. The molecule has 0 radical (unpaired) electrons. The second-order valence-corrected chi connectivity index (χ2v) is 40.4. The fourth-order valence-electron chi connectivity index (χ4n) is 14.7. The van der Waals surface area contributed by atoms with Gasteiger partial charge in [-0.15, -0.1) is 29.3 Å². The predicted octanol–water partition coefficient (Wildman–Crippen LogP) is 12.2. The number of thiazole rings is 2. The summed E-state index contributed by atoms with van der Waals surface area (Å²) in [5, 5.41) is 24.1. The van der Waals surface area contributed by atoms with Gasteiger partial charge in [-0.25, -0.2) is 39.0 Å². The zero-order valence-electron chi connectivity index (χ0n) is 74.0. The first-order chi connectivity index (χ1) is 59.0. The Balaban J connectivity index is 0.000000245. The largest absolute Gasteiger partial charge is 0.497 e. The molecule has 2 saturated heterocycles. The van der Waals surface area contributed by atoms with E-state index in [-0.39, 0.29) is 62.4 Å². The van der Waals surface area contributed by atoms with Crippen LogP contribution in [0.5, 0.6) is 34.5 Å². The van der Waals surface area contributed by atoms with Gasteiger partial charge in [-0.1, -0.05) is 97.4 Å². The maximum Gasteiger partial charge on any atom is 0.409 e. The molecule has 4 aliphatic rings. The number of aromatic nitrogens is 4. The van der Waals surface area contributed by atoms with Crippen molar-refractivity contribution in [3.63, 3.8) is 0 Å². The van der Waals surface area contributed by atoms with Gasteiger partial charge >= 0.3 is 32.8 Å². The Hall–Kier alpha value is -11.6. The minimum Gasteiger partial charge on any atom is -0.497 e. The Kier molecular flexibility index (Phi) is 28.6. The SMILES string of the molecule is C=C[C@@H]1C[C@]1(NC(=O)[C@@H]1C[C@@H](Oc2cc(-c3csc(NC(C)C)n3)nc3cc(OC)ccc23)CN1C(=O)[C@@H](NC(=O)OC(C)(C)C)C(C)(C)C)C(=O)NS(=O)(=O)Oc1ccccc1.CC[C@@H]1C[C@]1(NC(=O)[C@@H]1C[C@@H](Oc2cc(-c3csc(NC(C)C)n3)nc3cc(OC)ccc23)CN1C(=O)[C@@H](NC(=O)OC(C)(C)C)C(C)(C)C)C(=O)NS(=O)(=O)Oc1ccccc1. The molecule has 8 amide bonds. The van der Waals surface area contributed by atoms with Gasteiger partial charge in [0.15, 0.2) is 10.3 Å². The quantitative estimate of drug-likeness (QED) is 0.0194. The van der Waals surface area contributed by atoms with Gasteiger partial charge in [0.2, 0.25) is 23.6 Å². The van der Waals surface area contributed by atoms with E-state index in [2.05, 4.69) is 38.5 Å². The van der Waals surface area contributed by atoms with Gasteiger partial charge in [-0.2, -0.15) is 16.8 Å². The predicted molar refractivity (Wildman–Crippen MR) is 477 cm³/mol. The zero-order chi connectivity index (χ0) is 92.1. The molecule has 678 valence electrons. The van der Waals surface area contributed by atoms with Gasteiger partial charge in [0, 0.05) is 76.6 Å². The average Bonchev–Trinajstić information content (AvgIpc) is 1.58. The highest BCUT2D eigenvalue weighted by Crippen LogP contribution is 2.48. The van der Waals surface area contributed by atoms with Crippen molar-refractivity contribution in [2.45, 2.75) is 221 Å². The number of nitrogens with zero attached hydrogens (tertiary/aromatic N) is 6. The van der Waals surface area contributed by atoms with E-state index in [1.165, 1.54) is 62.8 Å². The molecule has 0 bridgehead atoms. The lowest BCUT2D eigenvalue weighted by molar-refractivity contribution is -0.143. The van der Waals surface area contributed by atoms with Crippen LogP contribution in [0.2, 0.25) is 0 Å². The summed E-state index contributed by atoms with van der Waals surface area (Å²) in [4.78, 5) is 135. The number of hydrogen-bond acceptors (Lipinski definition) is 28. The third-order valence-corrected chi connectivity index (χ3v) is 24.1. The Labute approximate surface area is 742 Å². The number of amides is 8. The molecule has 10 atom stereocenters. The number of fused-ring (bicyclic) bond motifs is 2. The van der Waals surface area contributed by atoms with Gasteiger partial charge < -0.3 is 78.5 Å². The first kappa shape index (κ1) is 95.0. The number of rotatable bonds is 30. The lowest BCUT2D eigenvalue weighted by Crippen LogP contribution is -2.60. The van der Waals surface area contributed by atoms with Crippen LogP contribution < -0.4 is 68.7 Å². The van der Waals surface area contributed by atoms with E-state index in [0.29, 0.717) is 79.1 Å². The minimum atomic E-state index is -4.68. The molecular formula is C88H112N14O20S4. The maximum absolute atomic E-state index is 14.8. The molecule has 4 aromatic heterocycles. The van der Waals surface area contributed by atoms with Crippen molar-refractivity contribution in [2.24, 2.45) is 22.7 Å². The van der Waals surface area contributed by atoms with E-state index in [4.69, 9.17) is 56.7 Å². The van der Waals surface area contributed by atoms with Crippen LogP contribution in [0.25, 0.3) is 44.6 Å². The van der Waals surface area contributed by atoms with E-state index in [9.17, 15) is 55.2 Å². The third kappa shape index (κ3) is 23.7. The van der Waals surface area contributed by atoms with E-state index >= 15 is 0 Å². The molecule has 0 unspecified atom stereocenters. The maximum atomic E-state index is 14.8. The van der Waals surface area contributed by atoms with Crippen LogP contribution in [0.1, 0.15) is 150 Å². The van der Waals surface area contributed by atoms with E-state index < -0.39 is 150 Å². The van der Waals surface area contributed by atoms with Gasteiger partial charge in [-0.3, -0.25) is 28.8 Å². The normalized spacial score (nSPS) is 20.4. The number of alkyl carbamates (subject to hydrolysis) is 2. The topological polar surface area (TPSA) is 433 Å². The van der Waals surface area contributed by atoms with Crippen molar-refractivity contribution in [1.29, 1.82) is 0 Å². The molecule has 126 heavy (non-hydrogen) atoms. The highest BCUT2D eigenvalue weighted by Gasteiger charge is 2.64. The summed E-state index contributed by atoms with van der Waals surface area (Å²) in [5.74, 6) is -3.82. The highest BCUT2D eigenvalue weighted by atomic mass is 32.2. The second-order valence-electron chi connectivity index (χ2n) is 36.1. The molecule has 8 N–H and O–H groups in total. The number of carbonyl (C=O) groups excluding carboxylic acids is 8. The van der Waals surface area contributed by atoms with E-state index in [0.717, 1.165) is 5.13 Å². The summed E-state index contributed by atoms with van der Waals surface area (Å²) in [7, 11) is -6.21. The van der Waals surface area contributed by atoms with Crippen molar-refractivity contribution in [2.75, 3.05) is 37.9 Å². The van der Waals surface area contributed by atoms with Crippen LogP contribution >= 0.6 is 22.7 Å².